The second-order valence-corrected chi connectivity index (χ2v) is 4.96. The molecule has 1 aromatic carbocycles. The smallest absolute Gasteiger partial charge is 0.257 e. The van der Waals surface area contributed by atoms with Crippen LogP contribution in [-0.2, 0) is 18.3 Å². The van der Waals surface area contributed by atoms with Crippen LogP contribution < -0.4 is 10.1 Å². The van der Waals surface area contributed by atoms with Gasteiger partial charge < -0.3 is 14.6 Å². The average Bonchev–Trinajstić information content (AvgIpc) is 2.84. The quantitative estimate of drug-likeness (QED) is 0.888. The van der Waals surface area contributed by atoms with Gasteiger partial charge in [-0.1, -0.05) is 11.6 Å². The third kappa shape index (κ3) is 4.63. The first-order valence-electron chi connectivity index (χ1n) is 6.39. The van der Waals surface area contributed by atoms with Crippen LogP contribution in [0.5, 0.6) is 5.75 Å². The SMILES string of the molecule is Cn1ccc(CCNC(=O)COc2ccc(Cl)cc2)c1. The number of halogens is 1. The largest absolute Gasteiger partial charge is 0.484 e. The van der Waals surface area contributed by atoms with E-state index < -0.39 is 0 Å². The monoisotopic (exact) mass is 292 g/mol. The van der Waals surface area contributed by atoms with Crippen molar-refractivity contribution in [2.24, 2.45) is 7.05 Å². The summed E-state index contributed by atoms with van der Waals surface area (Å²) >= 11 is 5.77. The van der Waals surface area contributed by atoms with Crippen molar-refractivity contribution in [2.75, 3.05) is 13.2 Å². The number of rotatable bonds is 6. The Kier molecular flexibility index (Phi) is 5.07. The third-order valence-electron chi connectivity index (χ3n) is 2.81. The molecule has 4 nitrogen and oxygen atoms in total. The summed E-state index contributed by atoms with van der Waals surface area (Å²) in [6, 6.07) is 8.96. The molecule has 0 bridgehead atoms. The maximum Gasteiger partial charge on any atom is 0.257 e. The molecule has 0 fully saturated rings. The van der Waals surface area contributed by atoms with E-state index in [1.807, 2.05) is 30.1 Å². The molecule has 0 atom stereocenters. The Balaban J connectivity index is 1.66. The number of aryl methyl sites for hydroxylation is 1. The number of nitrogens with zero attached hydrogens (tertiary/aromatic N) is 1. The summed E-state index contributed by atoms with van der Waals surface area (Å²) in [5, 5.41) is 3.47. The molecule has 0 aliphatic heterocycles. The normalized spacial score (nSPS) is 10.3. The Morgan fingerprint density at radius 2 is 2.05 bits per heavy atom. The highest BCUT2D eigenvalue weighted by atomic mass is 35.5. The number of hydrogen-bond donors (Lipinski definition) is 1. The Morgan fingerprint density at radius 3 is 2.70 bits per heavy atom. The molecule has 1 heterocycles. The van der Waals surface area contributed by atoms with Gasteiger partial charge in [0.2, 0.25) is 0 Å². The van der Waals surface area contributed by atoms with Crippen molar-refractivity contribution in [3.63, 3.8) is 0 Å². The molecule has 0 saturated heterocycles. The van der Waals surface area contributed by atoms with Gasteiger partial charge in [0, 0.05) is 31.0 Å². The van der Waals surface area contributed by atoms with Crippen LogP contribution in [0.15, 0.2) is 42.7 Å². The van der Waals surface area contributed by atoms with Gasteiger partial charge in [-0.2, -0.15) is 0 Å². The molecule has 2 rings (SSSR count). The van der Waals surface area contributed by atoms with Crippen molar-refractivity contribution in [2.45, 2.75) is 6.42 Å². The minimum absolute atomic E-state index is 0.0103. The maximum atomic E-state index is 11.6. The van der Waals surface area contributed by atoms with Crippen molar-refractivity contribution in [3.8, 4) is 5.75 Å². The van der Waals surface area contributed by atoms with Crippen LogP contribution in [0.2, 0.25) is 5.02 Å². The molecule has 1 N–H and O–H groups in total. The minimum atomic E-state index is -0.129. The lowest BCUT2D eigenvalue weighted by molar-refractivity contribution is -0.123. The second kappa shape index (κ2) is 7.01. The van der Waals surface area contributed by atoms with E-state index in [9.17, 15) is 4.79 Å². The van der Waals surface area contributed by atoms with Crippen LogP contribution in [0.4, 0.5) is 0 Å². The number of aromatic nitrogens is 1. The van der Waals surface area contributed by atoms with Gasteiger partial charge in [0.15, 0.2) is 6.61 Å². The standard InChI is InChI=1S/C15H17ClN2O2/c1-18-9-7-12(10-18)6-8-17-15(19)11-20-14-4-2-13(16)3-5-14/h2-5,7,9-10H,6,8,11H2,1H3,(H,17,19). The fourth-order valence-electron chi connectivity index (χ4n) is 1.79. The van der Waals surface area contributed by atoms with E-state index in [-0.39, 0.29) is 12.5 Å². The van der Waals surface area contributed by atoms with Crippen molar-refractivity contribution >= 4 is 17.5 Å². The zero-order chi connectivity index (χ0) is 14.4. The highest BCUT2D eigenvalue weighted by molar-refractivity contribution is 6.30. The Bertz CT molecular complexity index is 564. The molecule has 0 saturated carbocycles. The number of benzene rings is 1. The van der Waals surface area contributed by atoms with E-state index in [1.165, 1.54) is 5.56 Å². The minimum Gasteiger partial charge on any atom is -0.484 e. The molecule has 0 aliphatic rings. The lowest BCUT2D eigenvalue weighted by Crippen LogP contribution is -2.30. The second-order valence-electron chi connectivity index (χ2n) is 4.53. The predicted molar refractivity (Wildman–Crippen MR) is 79.1 cm³/mol. The van der Waals surface area contributed by atoms with Gasteiger partial charge in [-0.15, -0.1) is 0 Å². The van der Waals surface area contributed by atoms with Gasteiger partial charge in [0.1, 0.15) is 5.75 Å². The molecule has 2 aromatic rings. The topological polar surface area (TPSA) is 43.3 Å². The number of amides is 1. The van der Waals surface area contributed by atoms with E-state index in [0.29, 0.717) is 17.3 Å². The number of ether oxygens (including phenoxy) is 1. The summed E-state index contributed by atoms with van der Waals surface area (Å²) in [7, 11) is 1.97. The van der Waals surface area contributed by atoms with E-state index in [2.05, 4.69) is 5.32 Å². The molecular weight excluding hydrogens is 276 g/mol. The van der Waals surface area contributed by atoms with Gasteiger partial charge >= 0.3 is 0 Å². The molecule has 5 heteroatoms. The molecule has 20 heavy (non-hydrogen) atoms. The summed E-state index contributed by atoms with van der Waals surface area (Å²) in [6.07, 6.45) is 4.84. The lowest BCUT2D eigenvalue weighted by Gasteiger charge is -2.07. The van der Waals surface area contributed by atoms with E-state index in [1.54, 1.807) is 24.3 Å². The van der Waals surface area contributed by atoms with E-state index >= 15 is 0 Å². The predicted octanol–water partition coefficient (Wildman–Crippen LogP) is 2.42. The summed E-state index contributed by atoms with van der Waals surface area (Å²) in [6.45, 7) is 0.614. The lowest BCUT2D eigenvalue weighted by atomic mass is 10.2. The first-order valence-corrected chi connectivity index (χ1v) is 6.77. The van der Waals surface area contributed by atoms with Crippen LogP contribution in [0.25, 0.3) is 0 Å². The summed E-state index contributed by atoms with van der Waals surface area (Å²) in [4.78, 5) is 11.6. The van der Waals surface area contributed by atoms with Crippen LogP contribution in [0.3, 0.4) is 0 Å². The highest BCUT2D eigenvalue weighted by Crippen LogP contribution is 2.15. The summed E-state index contributed by atoms with van der Waals surface area (Å²) < 4.78 is 7.34. The Morgan fingerprint density at radius 1 is 1.30 bits per heavy atom. The molecule has 0 aliphatic carbocycles. The fraction of sp³-hybridized carbons (Fsp3) is 0.267. The van der Waals surface area contributed by atoms with E-state index in [0.717, 1.165) is 6.42 Å². The van der Waals surface area contributed by atoms with Gasteiger partial charge in [0.25, 0.3) is 5.91 Å². The highest BCUT2D eigenvalue weighted by Gasteiger charge is 2.03. The van der Waals surface area contributed by atoms with Gasteiger partial charge in [-0.05, 0) is 42.3 Å². The first-order chi connectivity index (χ1) is 9.63. The van der Waals surface area contributed by atoms with Gasteiger partial charge in [-0.25, -0.2) is 0 Å². The Labute approximate surface area is 123 Å². The number of hydrogen-bond acceptors (Lipinski definition) is 2. The number of carbonyl (C=O) groups excluding carboxylic acids is 1. The van der Waals surface area contributed by atoms with Crippen LogP contribution >= 0.6 is 11.6 Å². The molecule has 0 unspecified atom stereocenters. The van der Waals surface area contributed by atoms with Crippen molar-refractivity contribution < 1.29 is 9.53 Å². The average molecular weight is 293 g/mol. The van der Waals surface area contributed by atoms with Crippen molar-refractivity contribution in [1.29, 1.82) is 0 Å². The molecule has 0 spiro atoms. The Hall–Kier alpha value is -1.94. The molecule has 0 radical (unpaired) electrons. The summed E-state index contributed by atoms with van der Waals surface area (Å²) in [5.41, 5.74) is 1.20. The third-order valence-corrected chi connectivity index (χ3v) is 3.06. The van der Waals surface area contributed by atoms with Crippen LogP contribution in [0.1, 0.15) is 5.56 Å². The fourth-order valence-corrected chi connectivity index (χ4v) is 1.91. The molecule has 1 amide bonds. The maximum absolute atomic E-state index is 11.6. The first kappa shape index (κ1) is 14.5. The van der Waals surface area contributed by atoms with Gasteiger partial charge in [0.05, 0.1) is 0 Å². The zero-order valence-electron chi connectivity index (χ0n) is 11.3. The summed E-state index contributed by atoms with van der Waals surface area (Å²) in [5.74, 6) is 0.503. The number of carbonyl (C=O) groups is 1. The molecular formula is C15H17ClN2O2. The van der Waals surface area contributed by atoms with Crippen molar-refractivity contribution in [1.82, 2.24) is 9.88 Å². The van der Waals surface area contributed by atoms with E-state index in [4.69, 9.17) is 16.3 Å². The van der Waals surface area contributed by atoms with Crippen LogP contribution in [-0.4, -0.2) is 23.6 Å². The van der Waals surface area contributed by atoms with Gasteiger partial charge in [-0.3, -0.25) is 4.79 Å². The zero-order valence-corrected chi connectivity index (χ0v) is 12.1. The van der Waals surface area contributed by atoms with Crippen LogP contribution in [0, 0.1) is 0 Å². The molecule has 1 aromatic heterocycles. The van der Waals surface area contributed by atoms with Crippen molar-refractivity contribution in [3.05, 3.63) is 53.3 Å². The number of nitrogens with one attached hydrogen (secondary N) is 1. The molecule has 106 valence electrons.